The van der Waals surface area contributed by atoms with Gasteiger partial charge in [0.25, 0.3) is 10.2 Å². The highest BCUT2D eigenvalue weighted by Crippen LogP contribution is 2.41. The molecule has 5 nitrogen and oxygen atoms in total. The molecular formula is C19H29N3O2S. The minimum Gasteiger partial charge on any atom is -0.347 e. The van der Waals surface area contributed by atoms with Crippen LogP contribution in [0.2, 0.25) is 0 Å². The number of hydrogen-bond donors (Lipinski definition) is 1. The summed E-state index contributed by atoms with van der Waals surface area (Å²) in [4.78, 5) is 0. The van der Waals surface area contributed by atoms with Crippen LogP contribution in [0, 0.1) is 5.92 Å². The summed E-state index contributed by atoms with van der Waals surface area (Å²) in [5, 5.41) is 1.24. The van der Waals surface area contributed by atoms with Gasteiger partial charge in [-0.2, -0.15) is 12.7 Å². The Morgan fingerprint density at radius 2 is 2.00 bits per heavy atom. The number of fused-ring (bicyclic) bond motifs is 1. The maximum atomic E-state index is 11.9. The maximum absolute atomic E-state index is 11.9. The van der Waals surface area contributed by atoms with E-state index in [4.69, 9.17) is 0 Å². The van der Waals surface area contributed by atoms with Gasteiger partial charge in [0.15, 0.2) is 0 Å². The zero-order valence-corrected chi connectivity index (χ0v) is 16.4. The first kappa shape index (κ1) is 18.4. The van der Waals surface area contributed by atoms with Gasteiger partial charge in [-0.3, -0.25) is 0 Å². The second kappa shape index (κ2) is 7.09. The minimum atomic E-state index is -3.37. The van der Waals surface area contributed by atoms with Gasteiger partial charge in [-0.1, -0.05) is 26.0 Å². The van der Waals surface area contributed by atoms with E-state index in [1.807, 2.05) is 0 Å². The number of rotatable bonds is 8. The van der Waals surface area contributed by atoms with Gasteiger partial charge in [0.2, 0.25) is 0 Å². The molecule has 25 heavy (non-hydrogen) atoms. The Bertz CT molecular complexity index is 849. The second-order valence-corrected chi connectivity index (χ2v) is 9.65. The normalized spacial score (nSPS) is 15.6. The van der Waals surface area contributed by atoms with Crippen LogP contribution in [-0.4, -0.2) is 37.9 Å². The predicted molar refractivity (Wildman–Crippen MR) is 103 cm³/mol. The van der Waals surface area contributed by atoms with Crippen LogP contribution in [0.3, 0.4) is 0 Å². The van der Waals surface area contributed by atoms with E-state index < -0.39 is 10.2 Å². The van der Waals surface area contributed by atoms with E-state index in [2.05, 4.69) is 47.5 Å². The van der Waals surface area contributed by atoms with Crippen molar-refractivity contribution in [3.8, 4) is 0 Å². The number of nitrogens with one attached hydrogen (secondary N) is 1. The van der Waals surface area contributed by atoms with E-state index >= 15 is 0 Å². The van der Waals surface area contributed by atoms with Crippen molar-refractivity contribution in [3.05, 3.63) is 35.5 Å². The number of hydrogen-bond acceptors (Lipinski definition) is 2. The maximum Gasteiger partial charge on any atom is 0.278 e. The molecule has 1 fully saturated rings. The van der Waals surface area contributed by atoms with Crippen molar-refractivity contribution < 1.29 is 8.42 Å². The molecule has 0 unspecified atom stereocenters. The summed E-state index contributed by atoms with van der Waals surface area (Å²) < 4.78 is 29.9. The monoisotopic (exact) mass is 363 g/mol. The molecule has 0 amide bonds. The average molecular weight is 364 g/mol. The van der Waals surface area contributed by atoms with Crippen LogP contribution in [-0.2, 0) is 23.2 Å². The lowest BCUT2D eigenvalue weighted by Gasteiger charge is -2.11. The second-order valence-electron chi connectivity index (χ2n) is 7.68. The average Bonchev–Trinajstić information content (AvgIpc) is 3.32. The summed E-state index contributed by atoms with van der Waals surface area (Å²) in [6.07, 6.45) is 5.49. The molecule has 1 aliphatic rings. The van der Waals surface area contributed by atoms with Gasteiger partial charge >= 0.3 is 0 Å². The van der Waals surface area contributed by atoms with E-state index in [0.717, 1.165) is 12.5 Å². The molecule has 0 bridgehead atoms. The molecule has 1 aromatic carbocycles. The van der Waals surface area contributed by atoms with Gasteiger partial charge in [0.1, 0.15) is 0 Å². The van der Waals surface area contributed by atoms with Crippen LogP contribution in [0.5, 0.6) is 0 Å². The quantitative estimate of drug-likeness (QED) is 0.783. The summed E-state index contributed by atoms with van der Waals surface area (Å²) in [6, 6.07) is 6.80. The zero-order valence-electron chi connectivity index (χ0n) is 15.6. The fourth-order valence-electron chi connectivity index (χ4n) is 3.24. The molecule has 1 N–H and O–H groups in total. The van der Waals surface area contributed by atoms with Gasteiger partial charge < -0.3 is 4.57 Å². The lowest BCUT2D eigenvalue weighted by molar-refractivity contribution is 0.506. The Morgan fingerprint density at radius 1 is 1.28 bits per heavy atom. The number of benzene rings is 1. The molecule has 138 valence electrons. The highest BCUT2D eigenvalue weighted by Gasteiger charge is 2.24. The summed E-state index contributed by atoms with van der Waals surface area (Å²) >= 11 is 0. The molecular weight excluding hydrogens is 334 g/mol. The van der Waals surface area contributed by atoms with Crippen LogP contribution < -0.4 is 4.72 Å². The smallest absolute Gasteiger partial charge is 0.278 e. The Morgan fingerprint density at radius 3 is 2.60 bits per heavy atom. The molecule has 1 heterocycles. The van der Waals surface area contributed by atoms with Crippen LogP contribution in [0.25, 0.3) is 10.9 Å². The van der Waals surface area contributed by atoms with Crippen molar-refractivity contribution >= 4 is 21.1 Å². The van der Waals surface area contributed by atoms with E-state index in [1.165, 1.54) is 53.3 Å². The molecule has 3 rings (SSSR count). The van der Waals surface area contributed by atoms with Crippen molar-refractivity contribution in [1.29, 1.82) is 0 Å². The Labute approximate surface area is 151 Å². The van der Waals surface area contributed by atoms with Crippen molar-refractivity contribution in [2.45, 2.75) is 45.6 Å². The van der Waals surface area contributed by atoms with Crippen LogP contribution in [0.4, 0.5) is 0 Å². The fourth-order valence-corrected chi connectivity index (χ4v) is 3.86. The minimum absolute atomic E-state index is 0.408. The molecule has 0 radical (unpaired) electrons. The van der Waals surface area contributed by atoms with Crippen molar-refractivity contribution in [2.24, 2.45) is 5.92 Å². The molecule has 1 aliphatic carbocycles. The molecule has 2 aromatic rings. The summed E-state index contributed by atoms with van der Waals surface area (Å²) in [5.74, 6) is 1.31. The van der Waals surface area contributed by atoms with E-state index in [9.17, 15) is 8.42 Å². The number of aromatic nitrogens is 1. The van der Waals surface area contributed by atoms with Crippen molar-refractivity contribution in [2.75, 3.05) is 20.6 Å². The first-order valence-corrected chi connectivity index (χ1v) is 10.5. The molecule has 0 atom stereocenters. The molecule has 0 aliphatic heterocycles. The third kappa shape index (κ3) is 4.25. The molecule has 0 spiro atoms. The first-order valence-electron chi connectivity index (χ1n) is 9.06. The summed E-state index contributed by atoms with van der Waals surface area (Å²) in [5.41, 5.74) is 3.93. The highest BCUT2D eigenvalue weighted by atomic mass is 32.2. The topological polar surface area (TPSA) is 54.3 Å². The third-order valence-corrected chi connectivity index (χ3v) is 6.29. The molecule has 1 saturated carbocycles. The van der Waals surface area contributed by atoms with E-state index in [-0.39, 0.29) is 0 Å². The fraction of sp³-hybridized carbons (Fsp3) is 0.579. The largest absolute Gasteiger partial charge is 0.347 e. The lowest BCUT2D eigenvalue weighted by Crippen LogP contribution is -2.36. The van der Waals surface area contributed by atoms with Gasteiger partial charge in [0, 0.05) is 44.3 Å². The zero-order chi connectivity index (χ0) is 18.2. The molecule has 0 saturated heterocycles. The molecule has 1 aromatic heterocycles. The van der Waals surface area contributed by atoms with Gasteiger partial charge in [0.05, 0.1) is 0 Å². The summed E-state index contributed by atoms with van der Waals surface area (Å²) in [7, 11) is -0.291. The van der Waals surface area contributed by atoms with Gasteiger partial charge in [-0.15, -0.1) is 0 Å². The SMILES string of the molecule is CC(C)Cn1cc(CCNS(=O)(=O)N(C)C)c2ccc(C3CC3)cc21. The van der Waals surface area contributed by atoms with Crippen LogP contribution in [0.1, 0.15) is 43.7 Å². The van der Waals surface area contributed by atoms with Gasteiger partial charge in [-0.25, -0.2) is 4.72 Å². The summed E-state index contributed by atoms with van der Waals surface area (Å²) in [6.45, 7) is 5.84. The van der Waals surface area contributed by atoms with Crippen molar-refractivity contribution in [3.63, 3.8) is 0 Å². The number of nitrogens with zero attached hydrogens (tertiary/aromatic N) is 2. The van der Waals surface area contributed by atoms with Crippen LogP contribution in [0.15, 0.2) is 24.4 Å². The van der Waals surface area contributed by atoms with Gasteiger partial charge in [-0.05, 0) is 48.3 Å². The molecule has 6 heteroatoms. The van der Waals surface area contributed by atoms with Crippen LogP contribution >= 0.6 is 0 Å². The Balaban J connectivity index is 1.84. The standard InChI is InChI=1S/C19H29N3O2S/c1-14(2)12-22-13-17(9-10-20-25(23,24)21(3)4)18-8-7-16(11-19(18)22)15-5-6-15/h7-8,11,13-15,20H,5-6,9-10,12H2,1-4H3. The Kier molecular flexibility index (Phi) is 5.23. The van der Waals surface area contributed by atoms with E-state index in [0.29, 0.717) is 18.9 Å². The third-order valence-electron chi connectivity index (χ3n) is 4.76. The van der Waals surface area contributed by atoms with E-state index in [1.54, 1.807) is 0 Å². The first-order chi connectivity index (χ1) is 11.8. The lowest BCUT2D eigenvalue weighted by atomic mass is 10.1. The predicted octanol–water partition coefficient (Wildman–Crippen LogP) is 3.11. The highest BCUT2D eigenvalue weighted by molar-refractivity contribution is 7.87. The Hall–Kier alpha value is -1.37. The van der Waals surface area contributed by atoms with Crippen molar-refractivity contribution in [1.82, 2.24) is 13.6 Å².